The normalized spacial score (nSPS) is 24.5. The van der Waals surface area contributed by atoms with Crippen molar-refractivity contribution >= 4 is 0 Å². The molecule has 2 rings (SSSR count). The second-order valence-electron chi connectivity index (χ2n) is 6.41. The summed E-state index contributed by atoms with van der Waals surface area (Å²) < 4.78 is 0. The van der Waals surface area contributed by atoms with Crippen LogP contribution < -0.4 is 5.32 Å². The van der Waals surface area contributed by atoms with Crippen molar-refractivity contribution < 1.29 is 0 Å². The van der Waals surface area contributed by atoms with Crippen LogP contribution >= 0.6 is 0 Å². The zero-order chi connectivity index (χ0) is 13.1. The molecule has 1 heteroatoms. The van der Waals surface area contributed by atoms with E-state index >= 15 is 0 Å². The Morgan fingerprint density at radius 1 is 1.17 bits per heavy atom. The van der Waals surface area contributed by atoms with Crippen LogP contribution in [0.25, 0.3) is 0 Å². The maximum atomic E-state index is 3.57. The summed E-state index contributed by atoms with van der Waals surface area (Å²) in [5.74, 6) is 2.36. The molecular weight excluding hydrogens is 218 g/mol. The van der Waals surface area contributed by atoms with Gasteiger partial charge in [-0.05, 0) is 63.1 Å². The lowest BCUT2D eigenvalue weighted by Crippen LogP contribution is -2.36. The average molecular weight is 245 g/mol. The standard InChI is InChI=1S/C17H27N/c1-12(2)7-16-11-18-6-5-17(16)15-9-13(3)8-14(4)10-15/h8-10,12,16-18H,5-7,11H2,1-4H3. The third-order valence-electron chi connectivity index (χ3n) is 4.05. The molecule has 1 saturated heterocycles. The zero-order valence-corrected chi connectivity index (χ0v) is 12.3. The zero-order valence-electron chi connectivity index (χ0n) is 12.3. The van der Waals surface area contributed by atoms with Crippen LogP contribution in [0.4, 0.5) is 0 Å². The van der Waals surface area contributed by atoms with Gasteiger partial charge in [0, 0.05) is 0 Å². The molecule has 0 bridgehead atoms. The summed E-state index contributed by atoms with van der Waals surface area (Å²) in [4.78, 5) is 0. The Balaban J connectivity index is 2.21. The van der Waals surface area contributed by atoms with E-state index in [0.717, 1.165) is 17.8 Å². The Morgan fingerprint density at radius 2 is 1.83 bits per heavy atom. The number of aryl methyl sites for hydroxylation is 2. The summed E-state index contributed by atoms with van der Waals surface area (Å²) in [5, 5.41) is 3.57. The number of benzene rings is 1. The van der Waals surface area contributed by atoms with E-state index in [0.29, 0.717) is 0 Å². The first-order chi connectivity index (χ1) is 8.56. The minimum Gasteiger partial charge on any atom is -0.316 e. The molecule has 2 atom stereocenters. The van der Waals surface area contributed by atoms with E-state index in [1.807, 2.05) is 0 Å². The van der Waals surface area contributed by atoms with Crippen LogP contribution in [0.1, 0.15) is 49.3 Å². The molecule has 0 aromatic heterocycles. The lowest BCUT2D eigenvalue weighted by atomic mass is 9.76. The van der Waals surface area contributed by atoms with Crippen molar-refractivity contribution in [1.82, 2.24) is 5.32 Å². The minimum atomic E-state index is 0.757. The first-order valence-corrected chi connectivity index (χ1v) is 7.35. The maximum Gasteiger partial charge on any atom is -0.00146 e. The van der Waals surface area contributed by atoms with Crippen LogP contribution in [0, 0.1) is 25.7 Å². The van der Waals surface area contributed by atoms with Gasteiger partial charge in [0.15, 0.2) is 0 Å². The molecule has 0 aliphatic carbocycles. The largest absolute Gasteiger partial charge is 0.316 e. The van der Waals surface area contributed by atoms with Gasteiger partial charge in [-0.25, -0.2) is 0 Å². The Hall–Kier alpha value is -0.820. The Morgan fingerprint density at radius 3 is 2.44 bits per heavy atom. The SMILES string of the molecule is Cc1cc(C)cc(C2CCNCC2CC(C)C)c1. The molecule has 0 saturated carbocycles. The first kappa shape index (κ1) is 13.6. The quantitative estimate of drug-likeness (QED) is 0.847. The molecule has 1 nitrogen and oxygen atoms in total. The van der Waals surface area contributed by atoms with Crippen molar-refractivity contribution in [2.45, 2.75) is 46.5 Å². The van der Waals surface area contributed by atoms with Crippen LogP contribution in [-0.2, 0) is 0 Å². The van der Waals surface area contributed by atoms with Crippen molar-refractivity contribution in [1.29, 1.82) is 0 Å². The predicted octanol–water partition coefficient (Wildman–Crippen LogP) is 4.04. The number of piperidine rings is 1. The van der Waals surface area contributed by atoms with E-state index in [4.69, 9.17) is 0 Å². The number of hydrogen-bond donors (Lipinski definition) is 1. The smallest absolute Gasteiger partial charge is 0.00146 e. The molecule has 1 fully saturated rings. The highest BCUT2D eigenvalue weighted by Crippen LogP contribution is 2.34. The van der Waals surface area contributed by atoms with Gasteiger partial charge in [0.25, 0.3) is 0 Å². The molecule has 0 amide bonds. The monoisotopic (exact) mass is 245 g/mol. The third-order valence-corrected chi connectivity index (χ3v) is 4.05. The lowest BCUT2D eigenvalue weighted by Gasteiger charge is -2.34. The van der Waals surface area contributed by atoms with Crippen molar-refractivity contribution in [3.05, 3.63) is 34.9 Å². The molecule has 2 unspecified atom stereocenters. The predicted molar refractivity (Wildman–Crippen MR) is 79.1 cm³/mol. The number of rotatable bonds is 3. The van der Waals surface area contributed by atoms with E-state index in [2.05, 4.69) is 51.2 Å². The topological polar surface area (TPSA) is 12.0 Å². The molecule has 1 aliphatic rings. The second-order valence-corrected chi connectivity index (χ2v) is 6.41. The van der Waals surface area contributed by atoms with Crippen molar-refractivity contribution in [3.63, 3.8) is 0 Å². The van der Waals surface area contributed by atoms with Crippen LogP contribution in [0.15, 0.2) is 18.2 Å². The van der Waals surface area contributed by atoms with E-state index in [9.17, 15) is 0 Å². The summed E-state index contributed by atoms with van der Waals surface area (Å²) in [6.07, 6.45) is 2.63. The molecule has 18 heavy (non-hydrogen) atoms. The van der Waals surface area contributed by atoms with Crippen molar-refractivity contribution in [2.75, 3.05) is 13.1 Å². The molecule has 100 valence electrons. The molecule has 1 aromatic carbocycles. The van der Waals surface area contributed by atoms with E-state index in [1.165, 1.54) is 37.1 Å². The minimum absolute atomic E-state index is 0.757. The van der Waals surface area contributed by atoms with Gasteiger partial charge in [-0.15, -0.1) is 0 Å². The van der Waals surface area contributed by atoms with E-state index in [1.54, 1.807) is 5.56 Å². The van der Waals surface area contributed by atoms with Crippen LogP contribution in [0.3, 0.4) is 0 Å². The van der Waals surface area contributed by atoms with Gasteiger partial charge in [-0.3, -0.25) is 0 Å². The molecule has 1 N–H and O–H groups in total. The summed E-state index contributed by atoms with van der Waals surface area (Å²) >= 11 is 0. The van der Waals surface area contributed by atoms with Gasteiger partial charge in [0.1, 0.15) is 0 Å². The Labute approximate surface area is 112 Å². The van der Waals surface area contributed by atoms with Crippen LogP contribution in [0.5, 0.6) is 0 Å². The van der Waals surface area contributed by atoms with Crippen LogP contribution in [0.2, 0.25) is 0 Å². The van der Waals surface area contributed by atoms with Crippen LogP contribution in [-0.4, -0.2) is 13.1 Å². The summed E-state index contributed by atoms with van der Waals surface area (Å²) in [6.45, 7) is 11.5. The van der Waals surface area contributed by atoms with Gasteiger partial charge < -0.3 is 5.32 Å². The number of nitrogens with one attached hydrogen (secondary N) is 1. The van der Waals surface area contributed by atoms with Gasteiger partial charge in [-0.2, -0.15) is 0 Å². The van der Waals surface area contributed by atoms with Gasteiger partial charge in [-0.1, -0.05) is 43.2 Å². The average Bonchev–Trinajstić information content (AvgIpc) is 2.27. The van der Waals surface area contributed by atoms with Gasteiger partial charge in [0.2, 0.25) is 0 Å². The maximum absolute atomic E-state index is 3.57. The van der Waals surface area contributed by atoms with E-state index < -0.39 is 0 Å². The Kier molecular flexibility index (Phi) is 4.45. The molecule has 0 radical (unpaired) electrons. The molecule has 1 aliphatic heterocycles. The number of hydrogen-bond acceptors (Lipinski definition) is 1. The van der Waals surface area contributed by atoms with E-state index in [-0.39, 0.29) is 0 Å². The molecule has 1 heterocycles. The summed E-state index contributed by atoms with van der Waals surface area (Å²) in [7, 11) is 0. The summed E-state index contributed by atoms with van der Waals surface area (Å²) in [5.41, 5.74) is 4.39. The highest BCUT2D eigenvalue weighted by atomic mass is 14.9. The molecular formula is C17H27N. The van der Waals surface area contributed by atoms with Crippen molar-refractivity contribution in [2.24, 2.45) is 11.8 Å². The highest BCUT2D eigenvalue weighted by Gasteiger charge is 2.26. The van der Waals surface area contributed by atoms with Gasteiger partial charge in [0.05, 0.1) is 0 Å². The fourth-order valence-corrected chi connectivity index (χ4v) is 3.44. The fraction of sp³-hybridized carbons (Fsp3) is 0.647. The molecule has 1 aromatic rings. The second kappa shape index (κ2) is 5.88. The van der Waals surface area contributed by atoms with Gasteiger partial charge >= 0.3 is 0 Å². The Bertz CT molecular complexity index is 374. The van der Waals surface area contributed by atoms with Crippen molar-refractivity contribution in [3.8, 4) is 0 Å². The molecule has 0 spiro atoms. The summed E-state index contributed by atoms with van der Waals surface area (Å²) in [6, 6.07) is 7.08. The highest BCUT2D eigenvalue weighted by molar-refractivity contribution is 5.31. The third kappa shape index (κ3) is 3.35. The first-order valence-electron chi connectivity index (χ1n) is 7.35. The lowest BCUT2D eigenvalue weighted by molar-refractivity contribution is 0.280. The fourth-order valence-electron chi connectivity index (χ4n) is 3.44.